The number of furan rings is 1. The third kappa shape index (κ3) is 1.92. The highest BCUT2D eigenvalue weighted by molar-refractivity contribution is 6.06. The summed E-state index contributed by atoms with van der Waals surface area (Å²) in [4.78, 5) is 27.3. The Morgan fingerprint density at radius 3 is 2.38 bits per heavy atom. The van der Waals surface area contributed by atoms with Crippen LogP contribution in [0.1, 0.15) is 25.0 Å². The molecule has 2 saturated heterocycles. The molecule has 0 spiro atoms. The fourth-order valence-corrected chi connectivity index (χ4v) is 4.63. The van der Waals surface area contributed by atoms with E-state index in [1.54, 1.807) is 0 Å². The number of amides is 2. The van der Waals surface area contributed by atoms with E-state index >= 15 is 0 Å². The van der Waals surface area contributed by atoms with Crippen molar-refractivity contribution >= 4 is 23.9 Å². The summed E-state index contributed by atoms with van der Waals surface area (Å²) in [5.41, 5.74) is 0. The molecule has 1 aromatic heterocycles. The van der Waals surface area contributed by atoms with Gasteiger partial charge in [0.25, 0.3) is 11.8 Å². The lowest BCUT2D eigenvalue weighted by molar-refractivity contribution is -0.140. The van der Waals surface area contributed by atoms with Crippen LogP contribution in [0.2, 0.25) is 0 Å². The molecule has 5 rings (SSSR count). The molecule has 0 N–H and O–H groups in total. The topological polar surface area (TPSA) is 66.1 Å². The molecule has 24 heavy (non-hydrogen) atoms. The maximum Gasteiger partial charge on any atom is 0.254 e. The molecule has 2 aliphatic carbocycles. The number of rotatable bonds is 3. The van der Waals surface area contributed by atoms with Crippen molar-refractivity contribution in [3.05, 3.63) is 30.0 Å². The van der Waals surface area contributed by atoms with Gasteiger partial charge in [0.15, 0.2) is 5.88 Å². The quantitative estimate of drug-likeness (QED) is 0.484. The van der Waals surface area contributed by atoms with Gasteiger partial charge in [-0.15, -0.1) is 0 Å². The Kier molecular flexibility index (Phi) is 2.96. The monoisotopic (exact) mass is 325 g/mol. The van der Waals surface area contributed by atoms with E-state index in [0.717, 1.165) is 30.4 Å². The van der Waals surface area contributed by atoms with Crippen LogP contribution in [0.15, 0.2) is 33.8 Å². The minimum atomic E-state index is -0.207. The van der Waals surface area contributed by atoms with Crippen LogP contribution < -0.4 is 4.90 Å². The number of allylic oxidation sites excluding steroid dienone is 2. The molecule has 6 nitrogen and oxygen atoms in total. The van der Waals surface area contributed by atoms with Gasteiger partial charge in [0.05, 0.1) is 18.1 Å². The van der Waals surface area contributed by atoms with Crippen LogP contribution in [0.5, 0.6) is 0 Å². The average molecular weight is 325 g/mol. The van der Waals surface area contributed by atoms with Crippen molar-refractivity contribution in [3.8, 4) is 0 Å². The van der Waals surface area contributed by atoms with Gasteiger partial charge in [0.1, 0.15) is 5.76 Å². The Hall–Kier alpha value is -2.37. The maximum absolute atomic E-state index is 12.5. The van der Waals surface area contributed by atoms with Crippen molar-refractivity contribution in [2.75, 3.05) is 18.0 Å². The molecule has 4 aliphatic rings. The Morgan fingerprint density at radius 2 is 1.71 bits per heavy atom. The predicted molar refractivity (Wildman–Crippen MR) is 87.3 cm³/mol. The molecule has 1 saturated carbocycles. The van der Waals surface area contributed by atoms with Gasteiger partial charge in [-0.1, -0.05) is 12.2 Å². The van der Waals surface area contributed by atoms with Crippen LogP contribution in [0.3, 0.4) is 0 Å². The molecule has 4 atom stereocenters. The normalized spacial score (nSPS) is 34.3. The molecule has 3 fully saturated rings. The fraction of sp³-hybridized carbons (Fsp3) is 0.500. The highest BCUT2D eigenvalue weighted by atomic mass is 16.4. The van der Waals surface area contributed by atoms with Gasteiger partial charge in [-0.05, 0) is 37.2 Å². The molecule has 0 aromatic carbocycles. The summed E-state index contributed by atoms with van der Waals surface area (Å²) in [6, 6.07) is 3.74. The van der Waals surface area contributed by atoms with Gasteiger partial charge in [0, 0.05) is 19.2 Å². The maximum atomic E-state index is 12.5. The van der Waals surface area contributed by atoms with E-state index < -0.39 is 0 Å². The lowest BCUT2D eigenvalue weighted by Crippen LogP contribution is -2.28. The fourth-order valence-electron chi connectivity index (χ4n) is 4.63. The van der Waals surface area contributed by atoms with Gasteiger partial charge < -0.3 is 9.32 Å². The summed E-state index contributed by atoms with van der Waals surface area (Å²) >= 11 is 0. The molecule has 6 heteroatoms. The van der Waals surface area contributed by atoms with Crippen LogP contribution in [-0.2, 0) is 9.59 Å². The number of carbonyl (C=O) groups excluding carboxylic acids is 2. The van der Waals surface area contributed by atoms with Crippen LogP contribution in [0, 0.1) is 23.7 Å². The van der Waals surface area contributed by atoms with Gasteiger partial charge >= 0.3 is 0 Å². The minimum Gasteiger partial charge on any atom is -0.440 e. The summed E-state index contributed by atoms with van der Waals surface area (Å²) in [5.74, 6) is 1.07. The zero-order valence-electron chi connectivity index (χ0n) is 13.3. The molecular weight excluding hydrogens is 306 g/mol. The summed E-state index contributed by atoms with van der Waals surface area (Å²) in [6.07, 6.45) is 8.94. The second-order valence-corrected chi connectivity index (χ2v) is 7.10. The highest BCUT2D eigenvalue weighted by Crippen LogP contribution is 2.52. The Morgan fingerprint density at radius 1 is 1.04 bits per heavy atom. The van der Waals surface area contributed by atoms with Gasteiger partial charge in [-0.25, -0.2) is 0 Å². The van der Waals surface area contributed by atoms with E-state index in [4.69, 9.17) is 4.42 Å². The van der Waals surface area contributed by atoms with Crippen LogP contribution in [0.4, 0.5) is 5.88 Å². The van der Waals surface area contributed by atoms with E-state index in [0.29, 0.717) is 5.76 Å². The summed E-state index contributed by atoms with van der Waals surface area (Å²) < 4.78 is 5.76. The van der Waals surface area contributed by atoms with Gasteiger partial charge in [-0.2, -0.15) is 10.1 Å². The smallest absolute Gasteiger partial charge is 0.254 e. The number of carbonyl (C=O) groups is 2. The van der Waals surface area contributed by atoms with E-state index in [1.165, 1.54) is 19.1 Å². The minimum absolute atomic E-state index is 0.163. The second kappa shape index (κ2) is 5.06. The Bertz CT molecular complexity index is 729. The number of anilines is 1. The number of hydrogen-bond acceptors (Lipinski definition) is 5. The number of hydrazone groups is 1. The number of fused-ring (bicyclic) bond motifs is 5. The molecule has 2 aliphatic heterocycles. The van der Waals surface area contributed by atoms with Crippen molar-refractivity contribution in [3.63, 3.8) is 0 Å². The van der Waals surface area contributed by atoms with Gasteiger partial charge in [0.2, 0.25) is 0 Å². The SMILES string of the molecule is O=C1C2C3C=CC(C3)C2C(=O)N1N=Cc1ccc(N2CCCC2)o1. The molecule has 2 amide bonds. The molecular formula is C18H19N3O3. The Labute approximate surface area is 139 Å². The van der Waals surface area contributed by atoms with Crippen molar-refractivity contribution in [1.82, 2.24) is 5.01 Å². The summed E-state index contributed by atoms with van der Waals surface area (Å²) in [5, 5.41) is 5.20. The zero-order chi connectivity index (χ0) is 16.3. The van der Waals surface area contributed by atoms with E-state index in [2.05, 4.69) is 22.2 Å². The molecule has 2 bridgehead atoms. The van der Waals surface area contributed by atoms with Crippen LogP contribution >= 0.6 is 0 Å². The number of imide groups is 1. The van der Waals surface area contributed by atoms with Crippen molar-refractivity contribution in [2.24, 2.45) is 28.8 Å². The first kappa shape index (κ1) is 14.0. The van der Waals surface area contributed by atoms with Crippen molar-refractivity contribution < 1.29 is 14.0 Å². The van der Waals surface area contributed by atoms with Crippen LogP contribution in [0.25, 0.3) is 0 Å². The third-order valence-electron chi connectivity index (χ3n) is 5.78. The number of hydrogen-bond donors (Lipinski definition) is 0. The van der Waals surface area contributed by atoms with Gasteiger partial charge in [-0.3, -0.25) is 9.59 Å². The van der Waals surface area contributed by atoms with Crippen molar-refractivity contribution in [2.45, 2.75) is 19.3 Å². The first-order chi connectivity index (χ1) is 11.7. The number of nitrogens with zero attached hydrogens (tertiary/aromatic N) is 3. The second-order valence-electron chi connectivity index (χ2n) is 7.10. The lowest BCUT2D eigenvalue weighted by atomic mass is 9.85. The van der Waals surface area contributed by atoms with Crippen LogP contribution in [-0.4, -0.2) is 36.1 Å². The predicted octanol–water partition coefficient (Wildman–Crippen LogP) is 2.02. The Balaban J connectivity index is 1.34. The lowest BCUT2D eigenvalue weighted by Gasteiger charge is -2.13. The first-order valence-corrected chi connectivity index (χ1v) is 8.67. The average Bonchev–Trinajstić information content (AvgIpc) is 3.37. The van der Waals surface area contributed by atoms with E-state index in [9.17, 15) is 9.59 Å². The molecule has 3 heterocycles. The van der Waals surface area contributed by atoms with Crippen molar-refractivity contribution in [1.29, 1.82) is 0 Å². The molecule has 4 unspecified atom stereocenters. The summed E-state index contributed by atoms with van der Waals surface area (Å²) in [6.45, 7) is 2.01. The molecule has 1 aromatic rings. The first-order valence-electron chi connectivity index (χ1n) is 8.67. The molecule has 0 radical (unpaired) electrons. The standard InChI is InChI=1S/C18H19N3O3/c22-17-15-11-3-4-12(9-11)16(15)18(23)21(17)19-10-13-5-6-14(24-13)20-7-1-2-8-20/h3-6,10-12,15-16H,1-2,7-9H2. The highest BCUT2D eigenvalue weighted by Gasteiger charge is 2.59. The summed E-state index contributed by atoms with van der Waals surface area (Å²) in [7, 11) is 0. The zero-order valence-corrected chi connectivity index (χ0v) is 13.3. The molecule has 124 valence electrons. The third-order valence-corrected chi connectivity index (χ3v) is 5.78. The van der Waals surface area contributed by atoms with E-state index in [-0.39, 0.29) is 35.5 Å². The van der Waals surface area contributed by atoms with E-state index in [1.807, 2.05) is 12.1 Å². The largest absolute Gasteiger partial charge is 0.440 e.